The molecule has 5 nitrogen and oxygen atoms in total. The maximum atomic E-state index is 11.6. The van der Waals surface area contributed by atoms with E-state index in [9.17, 15) is 4.79 Å². The molecule has 1 N–H and O–H groups in total. The molecule has 0 amide bonds. The van der Waals surface area contributed by atoms with Crippen LogP contribution >= 0.6 is 11.6 Å². The van der Waals surface area contributed by atoms with E-state index in [-0.39, 0.29) is 10.6 Å². The summed E-state index contributed by atoms with van der Waals surface area (Å²) in [6.45, 7) is 3.95. The van der Waals surface area contributed by atoms with Crippen molar-refractivity contribution in [3.05, 3.63) is 51.2 Å². The minimum atomic E-state index is -0.325. The first kappa shape index (κ1) is 16.0. The highest BCUT2D eigenvalue weighted by atomic mass is 35.5. The molecule has 2 aromatic rings. The molecule has 0 saturated carbocycles. The molecule has 0 spiro atoms. The molecule has 0 radical (unpaired) electrons. The van der Waals surface area contributed by atoms with Crippen LogP contribution in [-0.2, 0) is 12.8 Å². The number of pyridine rings is 1. The lowest BCUT2D eigenvalue weighted by molar-refractivity contribution is 0.402. The smallest absolute Gasteiger partial charge is 0.285 e. The topological polar surface area (TPSA) is 61.9 Å². The Balaban J connectivity index is 1.64. The minimum Gasteiger partial charge on any atom is -0.369 e. The number of rotatable bonds is 4. The van der Waals surface area contributed by atoms with E-state index < -0.39 is 0 Å². The number of aromatic nitrogens is 3. The van der Waals surface area contributed by atoms with Crippen LogP contribution in [0, 0.1) is 5.92 Å². The van der Waals surface area contributed by atoms with Crippen LogP contribution in [0.25, 0.3) is 0 Å². The van der Waals surface area contributed by atoms with Crippen molar-refractivity contribution in [2.45, 2.75) is 32.6 Å². The highest BCUT2D eigenvalue weighted by Crippen LogP contribution is 2.28. The van der Waals surface area contributed by atoms with E-state index in [1.807, 2.05) is 12.3 Å². The van der Waals surface area contributed by atoms with Crippen LogP contribution in [0.1, 0.15) is 31.0 Å². The van der Waals surface area contributed by atoms with Crippen LogP contribution in [0.3, 0.4) is 0 Å². The lowest BCUT2D eigenvalue weighted by atomic mass is 9.89. The summed E-state index contributed by atoms with van der Waals surface area (Å²) in [6.07, 6.45) is 7.73. The molecule has 1 fully saturated rings. The summed E-state index contributed by atoms with van der Waals surface area (Å²) in [6, 6.07) is 4.21. The van der Waals surface area contributed by atoms with E-state index in [1.165, 1.54) is 11.3 Å². The SMILES string of the molecule is CCc1ncccc1CC1CCN(c2cn[nH]c(=O)c2Cl)CC1. The Bertz CT molecular complexity index is 723. The van der Waals surface area contributed by atoms with Crippen LogP contribution in [0.2, 0.25) is 5.02 Å². The number of piperidine rings is 1. The van der Waals surface area contributed by atoms with E-state index in [0.717, 1.165) is 44.5 Å². The van der Waals surface area contributed by atoms with Gasteiger partial charge in [-0.25, -0.2) is 5.10 Å². The van der Waals surface area contributed by atoms with Gasteiger partial charge in [-0.05, 0) is 43.2 Å². The van der Waals surface area contributed by atoms with Crippen LogP contribution in [0.4, 0.5) is 5.69 Å². The van der Waals surface area contributed by atoms with Gasteiger partial charge in [0.2, 0.25) is 0 Å². The predicted octanol–water partition coefficient (Wildman–Crippen LogP) is 2.84. The quantitative estimate of drug-likeness (QED) is 0.935. The van der Waals surface area contributed by atoms with Gasteiger partial charge in [0.05, 0.1) is 11.9 Å². The molecule has 2 aromatic heterocycles. The molecule has 0 aromatic carbocycles. The maximum Gasteiger partial charge on any atom is 0.285 e. The average Bonchev–Trinajstić information content (AvgIpc) is 2.59. The molecule has 23 heavy (non-hydrogen) atoms. The normalized spacial score (nSPS) is 15.8. The number of hydrogen-bond donors (Lipinski definition) is 1. The minimum absolute atomic E-state index is 0.235. The van der Waals surface area contributed by atoms with Gasteiger partial charge in [0, 0.05) is 25.0 Å². The van der Waals surface area contributed by atoms with Gasteiger partial charge in [0.15, 0.2) is 0 Å². The predicted molar refractivity (Wildman–Crippen MR) is 92.1 cm³/mol. The van der Waals surface area contributed by atoms with E-state index >= 15 is 0 Å². The van der Waals surface area contributed by atoms with Crippen LogP contribution < -0.4 is 10.5 Å². The standard InChI is InChI=1S/C17H21ClN4O/c1-2-14-13(4-3-7-19-14)10-12-5-8-22(9-6-12)15-11-20-21-17(23)16(15)18/h3-4,7,11-12H,2,5-6,8-10H2,1H3,(H,21,23). The average molecular weight is 333 g/mol. The zero-order valence-electron chi connectivity index (χ0n) is 13.3. The molecule has 3 heterocycles. The number of H-pyrrole nitrogens is 1. The number of nitrogens with zero attached hydrogens (tertiary/aromatic N) is 3. The number of hydrogen-bond acceptors (Lipinski definition) is 4. The third-order valence-electron chi connectivity index (χ3n) is 4.56. The molecule has 1 aliphatic rings. The summed E-state index contributed by atoms with van der Waals surface area (Å²) in [7, 11) is 0. The fraction of sp³-hybridized carbons (Fsp3) is 0.471. The van der Waals surface area contributed by atoms with Crippen molar-refractivity contribution in [2.24, 2.45) is 5.92 Å². The maximum absolute atomic E-state index is 11.6. The largest absolute Gasteiger partial charge is 0.369 e. The lowest BCUT2D eigenvalue weighted by Crippen LogP contribution is -2.35. The highest BCUT2D eigenvalue weighted by molar-refractivity contribution is 6.32. The Labute approximate surface area is 140 Å². The zero-order valence-corrected chi connectivity index (χ0v) is 14.0. The van der Waals surface area contributed by atoms with Crippen molar-refractivity contribution in [1.29, 1.82) is 0 Å². The second-order valence-electron chi connectivity index (χ2n) is 6.00. The van der Waals surface area contributed by atoms with Gasteiger partial charge in [0.25, 0.3) is 5.56 Å². The van der Waals surface area contributed by atoms with Crippen molar-refractivity contribution >= 4 is 17.3 Å². The van der Waals surface area contributed by atoms with Gasteiger partial charge < -0.3 is 4.90 Å². The second kappa shape index (κ2) is 7.13. The first-order valence-electron chi connectivity index (χ1n) is 8.10. The van der Waals surface area contributed by atoms with Gasteiger partial charge in [-0.15, -0.1) is 0 Å². The highest BCUT2D eigenvalue weighted by Gasteiger charge is 2.22. The summed E-state index contributed by atoms with van der Waals surface area (Å²) < 4.78 is 0. The van der Waals surface area contributed by atoms with Crippen molar-refractivity contribution in [1.82, 2.24) is 15.2 Å². The van der Waals surface area contributed by atoms with Crippen molar-refractivity contribution in [2.75, 3.05) is 18.0 Å². The summed E-state index contributed by atoms with van der Waals surface area (Å²) in [4.78, 5) is 18.2. The molecule has 122 valence electrons. The monoisotopic (exact) mass is 332 g/mol. The number of aromatic amines is 1. The molecule has 1 aliphatic heterocycles. The lowest BCUT2D eigenvalue weighted by Gasteiger charge is -2.33. The van der Waals surface area contributed by atoms with E-state index in [2.05, 4.69) is 33.1 Å². The fourth-order valence-corrected chi connectivity index (χ4v) is 3.47. The second-order valence-corrected chi connectivity index (χ2v) is 6.37. The van der Waals surface area contributed by atoms with Gasteiger partial charge in [-0.3, -0.25) is 9.78 Å². The number of nitrogens with one attached hydrogen (secondary N) is 1. The molecular weight excluding hydrogens is 312 g/mol. The molecule has 0 bridgehead atoms. The summed E-state index contributed by atoms with van der Waals surface area (Å²) in [5, 5.41) is 6.46. The molecule has 6 heteroatoms. The number of halogens is 1. The van der Waals surface area contributed by atoms with Crippen molar-refractivity contribution in [3.63, 3.8) is 0 Å². The van der Waals surface area contributed by atoms with E-state index in [4.69, 9.17) is 11.6 Å². The molecule has 0 unspecified atom stereocenters. The van der Waals surface area contributed by atoms with Gasteiger partial charge >= 0.3 is 0 Å². The van der Waals surface area contributed by atoms with Crippen LogP contribution in [0.5, 0.6) is 0 Å². The Morgan fingerprint density at radius 2 is 2.17 bits per heavy atom. The molecule has 1 saturated heterocycles. The van der Waals surface area contributed by atoms with Crippen LogP contribution in [-0.4, -0.2) is 28.3 Å². The van der Waals surface area contributed by atoms with Crippen molar-refractivity contribution in [3.8, 4) is 0 Å². The van der Waals surface area contributed by atoms with Gasteiger partial charge in [-0.2, -0.15) is 5.10 Å². The third kappa shape index (κ3) is 3.55. The Hall–Kier alpha value is -1.88. The molecule has 3 rings (SSSR count). The summed E-state index contributed by atoms with van der Waals surface area (Å²) >= 11 is 6.10. The van der Waals surface area contributed by atoms with E-state index in [0.29, 0.717) is 5.92 Å². The summed E-state index contributed by atoms with van der Waals surface area (Å²) in [5.74, 6) is 0.648. The Morgan fingerprint density at radius 1 is 1.39 bits per heavy atom. The Morgan fingerprint density at radius 3 is 2.91 bits per heavy atom. The van der Waals surface area contributed by atoms with E-state index in [1.54, 1.807) is 6.20 Å². The number of aryl methyl sites for hydroxylation is 1. The molecular formula is C17H21ClN4O. The first-order valence-corrected chi connectivity index (χ1v) is 8.47. The number of anilines is 1. The van der Waals surface area contributed by atoms with Gasteiger partial charge in [-0.1, -0.05) is 24.6 Å². The Kier molecular flexibility index (Phi) is 4.96. The summed E-state index contributed by atoms with van der Waals surface area (Å²) in [5.41, 5.74) is 2.99. The molecule has 0 aliphatic carbocycles. The fourth-order valence-electron chi connectivity index (χ4n) is 3.26. The van der Waals surface area contributed by atoms with Gasteiger partial charge in [0.1, 0.15) is 5.02 Å². The van der Waals surface area contributed by atoms with Crippen LogP contribution in [0.15, 0.2) is 29.3 Å². The third-order valence-corrected chi connectivity index (χ3v) is 4.93. The zero-order chi connectivity index (χ0) is 16.2. The molecule has 0 atom stereocenters. The first-order chi connectivity index (χ1) is 11.2. The van der Waals surface area contributed by atoms with Crippen molar-refractivity contribution < 1.29 is 0 Å².